The quantitative estimate of drug-likeness (QED) is 0.792. The fraction of sp³-hybridized carbons (Fsp3) is 0. The van der Waals surface area contributed by atoms with Crippen LogP contribution in [0.5, 0.6) is 17.2 Å². The zero-order valence-corrected chi connectivity index (χ0v) is 10.9. The highest BCUT2D eigenvalue weighted by molar-refractivity contribution is 6.30. The van der Waals surface area contributed by atoms with Gasteiger partial charge < -0.3 is 14.4 Å². The maximum absolute atomic E-state index is 9.81. The predicted octanol–water partition coefficient (Wildman–Crippen LogP) is 3.89. The van der Waals surface area contributed by atoms with Gasteiger partial charge >= 0.3 is 0 Å². The third kappa shape index (κ3) is 2.44. The number of hydrogen-bond acceptors (Lipinski definition) is 5. The summed E-state index contributed by atoms with van der Waals surface area (Å²) < 4.78 is 10.4. The lowest BCUT2D eigenvalue weighted by molar-refractivity contribution is 0.409. The van der Waals surface area contributed by atoms with Crippen molar-refractivity contribution in [3.05, 3.63) is 53.9 Å². The van der Waals surface area contributed by atoms with E-state index in [1.165, 1.54) is 12.5 Å². The van der Waals surface area contributed by atoms with E-state index in [9.17, 15) is 5.11 Å². The van der Waals surface area contributed by atoms with E-state index in [0.29, 0.717) is 27.9 Å². The lowest BCUT2D eigenvalue weighted by atomic mass is 10.2. The summed E-state index contributed by atoms with van der Waals surface area (Å²) in [6.45, 7) is 0. The molecule has 20 heavy (non-hydrogen) atoms. The Morgan fingerprint density at radius 3 is 2.70 bits per heavy atom. The second kappa shape index (κ2) is 5.22. The fourth-order valence-corrected chi connectivity index (χ4v) is 1.89. The highest BCUT2D eigenvalue weighted by Crippen LogP contribution is 2.36. The lowest BCUT2D eigenvalue weighted by Gasteiger charge is -2.10. The molecule has 0 saturated heterocycles. The van der Waals surface area contributed by atoms with Gasteiger partial charge in [0.1, 0.15) is 5.75 Å². The molecule has 0 bridgehead atoms. The number of phenols is 1. The molecule has 0 radical (unpaired) electrons. The Labute approximate surface area is 119 Å². The minimum Gasteiger partial charge on any atom is -0.504 e. The Kier molecular flexibility index (Phi) is 3.26. The van der Waals surface area contributed by atoms with E-state index < -0.39 is 0 Å². The van der Waals surface area contributed by atoms with Gasteiger partial charge in [0.05, 0.1) is 5.56 Å². The van der Waals surface area contributed by atoms with Crippen molar-refractivity contribution in [2.75, 3.05) is 0 Å². The van der Waals surface area contributed by atoms with Crippen LogP contribution in [0.15, 0.2) is 53.4 Å². The first-order chi connectivity index (χ1) is 9.74. The molecule has 0 aliphatic rings. The van der Waals surface area contributed by atoms with E-state index in [4.69, 9.17) is 20.9 Å². The SMILES string of the molecule is Oc1cc(Cl)ccc1Oc1ccccc1-c1ncon1. The van der Waals surface area contributed by atoms with Crippen molar-refractivity contribution < 1.29 is 14.4 Å². The monoisotopic (exact) mass is 288 g/mol. The molecule has 0 atom stereocenters. The number of hydrogen-bond donors (Lipinski definition) is 1. The molecule has 0 spiro atoms. The van der Waals surface area contributed by atoms with E-state index in [0.717, 1.165) is 0 Å². The standard InChI is InChI=1S/C14H9ClN2O3/c15-9-5-6-13(11(18)7-9)20-12-4-2-1-3-10(12)14-16-8-19-17-14/h1-8,18H. The Morgan fingerprint density at radius 2 is 1.95 bits per heavy atom. The summed E-state index contributed by atoms with van der Waals surface area (Å²) in [7, 11) is 0. The molecule has 0 amide bonds. The van der Waals surface area contributed by atoms with Crippen LogP contribution in [-0.2, 0) is 0 Å². The minimum atomic E-state index is -0.0413. The van der Waals surface area contributed by atoms with Crippen molar-refractivity contribution in [3.63, 3.8) is 0 Å². The van der Waals surface area contributed by atoms with E-state index in [-0.39, 0.29) is 5.75 Å². The van der Waals surface area contributed by atoms with E-state index >= 15 is 0 Å². The summed E-state index contributed by atoms with van der Waals surface area (Å²) in [5, 5.41) is 14.0. The third-order valence-electron chi connectivity index (χ3n) is 2.63. The minimum absolute atomic E-state index is 0.0413. The highest BCUT2D eigenvalue weighted by Gasteiger charge is 2.12. The third-order valence-corrected chi connectivity index (χ3v) is 2.87. The lowest BCUT2D eigenvalue weighted by Crippen LogP contribution is -1.89. The Hall–Kier alpha value is -2.53. The number of aromatic hydroxyl groups is 1. The molecule has 1 heterocycles. The molecule has 100 valence electrons. The van der Waals surface area contributed by atoms with Gasteiger partial charge in [-0.25, -0.2) is 0 Å². The van der Waals surface area contributed by atoms with Crippen molar-refractivity contribution >= 4 is 11.6 Å². The second-order valence-corrected chi connectivity index (χ2v) is 4.40. The first kappa shape index (κ1) is 12.5. The largest absolute Gasteiger partial charge is 0.504 e. The molecule has 1 aromatic heterocycles. The number of phenolic OH excluding ortho intramolecular Hbond substituents is 1. The maximum Gasteiger partial charge on any atom is 0.214 e. The van der Waals surface area contributed by atoms with Gasteiger partial charge in [0, 0.05) is 11.1 Å². The molecule has 5 nitrogen and oxygen atoms in total. The molecular weight excluding hydrogens is 280 g/mol. The van der Waals surface area contributed by atoms with Crippen LogP contribution >= 0.6 is 11.6 Å². The van der Waals surface area contributed by atoms with Crippen LogP contribution in [0, 0.1) is 0 Å². The zero-order valence-electron chi connectivity index (χ0n) is 10.2. The molecule has 0 saturated carbocycles. The summed E-state index contributed by atoms with van der Waals surface area (Å²) in [4.78, 5) is 3.98. The highest BCUT2D eigenvalue weighted by atomic mass is 35.5. The van der Waals surface area contributed by atoms with Gasteiger partial charge in [-0.15, -0.1) is 0 Å². The smallest absolute Gasteiger partial charge is 0.214 e. The average molecular weight is 289 g/mol. The Bertz CT molecular complexity index is 729. The number of benzene rings is 2. The van der Waals surface area contributed by atoms with E-state index in [1.54, 1.807) is 24.3 Å². The van der Waals surface area contributed by atoms with Gasteiger partial charge in [-0.3, -0.25) is 0 Å². The number of rotatable bonds is 3. The first-order valence-corrected chi connectivity index (χ1v) is 6.14. The normalized spacial score (nSPS) is 10.4. The van der Waals surface area contributed by atoms with Gasteiger partial charge in [0.15, 0.2) is 11.5 Å². The number of nitrogens with zero attached hydrogens (tertiary/aromatic N) is 2. The van der Waals surface area contributed by atoms with Gasteiger partial charge in [-0.1, -0.05) is 28.9 Å². The number of halogens is 1. The van der Waals surface area contributed by atoms with Crippen molar-refractivity contribution in [3.8, 4) is 28.6 Å². The first-order valence-electron chi connectivity index (χ1n) is 5.76. The summed E-state index contributed by atoms with van der Waals surface area (Å²) in [5.74, 6) is 1.17. The molecule has 2 aromatic carbocycles. The van der Waals surface area contributed by atoms with Crippen LogP contribution < -0.4 is 4.74 Å². The molecule has 3 rings (SSSR count). The van der Waals surface area contributed by atoms with Crippen molar-refractivity contribution in [1.82, 2.24) is 10.1 Å². The Morgan fingerprint density at radius 1 is 1.10 bits per heavy atom. The number of para-hydroxylation sites is 1. The molecule has 0 aliphatic carbocycles. The molecule has 1 N–H and O–H groups in total. The molecule has 0 unspecified atom stereocenters. The summed E-state index contributed by atoms with van der Waals surface area (Å²) in [6.07, 6.45) is 1.24. The van der Waals surface area contributed by atoms with E-state index in [2.05, 4.69) is 10.1 Å². The van der Waals surface area contributed by atoms with Crippen molar-refractivity contribution in [1.29, 1.82) is 0 Å². The van der Waals surface area contributed by atoms with Gasteiger partial charge in [0.2, 0.25) is 12.2 Å². The fourth-order valence-electron chi connectivity index (χ4n) is 1.72. The molecule has 3 aromatic rings. The molecule has 0 aliphatic heterocycles. The van der Waals surface area contributed by atoms with Crippen molar-refractivity contribution in [2.24, 2.45) is 0 Å². The second-order valence-electron chi connectivity index (χ2n) is 3.97. The van der Waals surface area contributed by atoms with Crippen LogP contribution in [0.2, 0.25) is 5.02 Å². The molecule has 0 fully saturated rings. The summed E-state index contributed by atoms with van der Waals surface area (Å²) in [5.41, 5.74) is 0.663. The van der Waals surface area contributed by atoms with Gasteiger partial charge in [0.25, 0.3) is 0 Å². The average Bonchev–Trinajstić information content (AvgIpc) is 2.96. The van der Waals surface area contributed by atoms with Crippen LogP contribution in [-0.4, -0.2) is 15.2 Å². The summed E-state index contributed by atoms with van der Waals surface area (Å²) in [6, 6.07) is 11.8. The zero-order chi connectivity index (χ0) is 13.9. The van der Waals surface area contributed by atoms with E-state index in [1.807, 2.05) is 12.1 Å². The van der Waals surface area contributed by atoms with Crippen LogP contribution in [0.25, 0.3) is 11.4 Å². The molecular formula is C14H9ClN2O3. The van der Waals surface area contributed by atoms with Crippen LogP contribution in [0.3, 0.4) is 0 Å². The number of aromatic nitrogens is 2. The predicted molar refractivity (Wildman–Crippen MR) is 72.9 cm³/mol. The van der Waals surface area contributed by atoms with Crippen LogP contribution in [0.4, 0.5) is 0 Å². The van der Waals surface area contributed by atoms with Gasteiger partial charge in [-0.2, -0.15) is 4.98 Å². The van der Waals surface area contributed by atoms with Crippen molar-refractivity contribution in [2.45, 2.75) is 0 Å². The topological polar surface area (TPSA) is 68.4 Å². The summed E-state index contributed by atoms with van der Waals surface area (Å²) >= 11 is 5.78. The maximum atomic E-state index is 9.81. The van der Waals surface area contributed by atoms with Gasteiger partial charge in [-0.05, 0) is 24.3 Å². The van der Waals surface area contributed by atoms with Crippen LogP contribution in [0.1, 0.15) is 0 Å². The number of ether oxygens (including phenoxy) is 1. The Balaban J connectivity index is 1.99. The molecule has 6 heteroatoms.